The van der Waals surface area contributed by atoms with Gasteiger partial charge < -0.3 is 4.74 Å². The van der Waals surface area contributed by atoms with Gasteiger partial charge in [0.1, 0.15) is 5.82 Å². The second-order valence-electron chi connectivity index (χ2n) is 3.70. The van der Waals surface area contributed by atoms with E-state index in [2.05, 4.69) is 4.74 Å². The molecule has 0 amide bonds. The second kappa shape index (κ2) is 6.36. The third-order valence-electron chi connectivity index (χ3n) is 2.18. The van der Waals surface area contributed by atoms with Gasteiger partial charge in [0.2, 0.25) is 0 Å². The van der Waals surface area contributed by atoms with Crippen LogP contribution in [-0.2, 0) is 22.1 Å². The van der Waals surface area contributed by atoms with Crippen LogP contribution in [0.25, 0.3) is 0 Å². The maximum absolute atomic E-state index is 13.0. The Morgan fingerprint density at radius 3 is 2.58 bits per heavy atom. The van der Waals surface area contributed by atoms with E-state index in [1.165, 1.54) is 6.08 Å². The predicted octanol–water partition coefficient (Wildman–Crippen LogP) is 3.51. The summed E-state index contributed by atoms with van der Waals surface area (Å²) in [5.74, 6) is -1.55. The Labute approximate surface area is 107 Å². The molecular weight excluding hydrogens is 264 g/mol. The summed E-state index contributed by atoms with van der Waals surface area (Å²) in [4.78, 5) is 11.0. The van der Waals surface area contributed by atoms with Crippen LogP contribution >= 0.6 is 0 Å². The van der Waals surface area contributed by atoms with Crippen LogP contribution in [0.5, 0.6) is 0 Å². The largest absolute Gasteiger partial charge is 0.463 e. The molecule has 0 unspecified atom stereocenters. The lowest BCUT2D eigenvalue weighted by Gasteiger charge is -2.08. The summed E-state index contributed by atoms with van der Waals surface area (Å²) in [5.41, 5.74) is -0.917. The summed E-state index contributed by atoms with van der Waals surface area (Å²) < 4.78 is 55.0. The van der Waals surface area contributed by atoms with Gasteiger partial charge in [0.25, 0.3) is 0 Å². The number of benzene rings is 1. The number of hydrogen-bond donors (Lipinski definition) is 0. The van der Waals surface area contributed by atoms with Gasteiger partial charge in [-0.05, 0) is 37.1 Å². The summed E-state index contributed by atoms with van der Waals surface area (Å²) in [6.45, 7) is 1.84. The zero-order chi connectivity index (χ0) is 14.5. The van der Waals surface area contributed by atoms with Gasteiger partial charge in [-0.3, -0.25) is 0 Å². The van der Waals surface area contributed by atoms with Crippen LogP contribution in [-0.4, -0.2) is 12.6 Å². The van der Waals surface area contributed by atoms with Crippen molar-refractivity contribution < 1.29 is 27.1 Å². The molecule has 0 aliphatic rings. The Morgan fingerprint density at radius 2 is 2.00 bits per heavy atom. The minimum atomic E-state index is -4.60. The van der Waals surface area contributed by atoms with Gasteiger partial charge in [0.05, 0.1) is 12.2 Å². The normalized spacial score (nSPS) is 11.8. The predicted molar refractivity (Wildman–Crippen MR) is 60.9 cm³/mol. The molecule has 19 heavy (non-hydrogen) atoms. The van der Waals surface area contributed by atoms with E-state index >= 15 is 0 Å². The average molecular weight is 276 g/mol. The molecule has 0 saturated heterocycles. The Morgan fingerprint density at radius 1 is 1.32 bits per heavy atom. The molecule has 2 nitrogen and oxygen atoms in total. The molecular formula is C13H12F4O2. The van der Waals surface area contributed by atoms with Crippen molar-refractivity contribution >= 4 is 5.97 Å². The van der Waals surface area contributed by atoms with Crippen molar-refractivity contribution in [1.29, 1.82) is 0 Å². The van der Waals surface area contributed by atoms with Crippen LogP contribution in [0.4, 0.5) is 17.6 Å². The van der Waals surface area contributed by atoms with Gasteiger partial charge in [-0.15, -0.1) is 0 Å². The number of ether oxygens (including phenoxy) is 1. The van der Waals surface area contributed by atoms with Gasteiger partial charge in [-0.1, -0.05) is 6.08 Å². The van der Waals surface area contributed by atoms with Gasteiger partial charge in [-0.25, -0.2) is 9.18 Å². The maximum atomic E-state index is 13.0. The van der Waals surface area contributed by atoms with Crippen LogP contribution in [0, 0.1) is 5.82 Å². The van der Waals surface area contributed by atoms with E-state index < -0.39 is 23.5 Å². The number of halogens is 4. The Kier molecular flexibility index (Phi) is 5.09. The molecule has 0 aliphatic heterocycles. The van der Waals surface area contributed by atoms with Crippen molar-refractivity contribution in [1.82, 2.24) is 0 Å². The topological polar surface area (TPSA) is 26.3 Å². The molecule has 1 aromatic rings. The highest BCUT2D eigenvalue weighted by molar-refractivity contribution is 5.81. The third-order valence-corrected chi connectivity index (χ3v) is 2.18. The Bertz CT molecular complexity index is 478. The highest BCUT2D eigenvalue weighted by Gasteiger charge is 2.31. The number of hydrogen-bond acceptors (Lipinski definition) is 2. The molecule has 0 fully saturated rings. The lowest BCUT2D eigenvalue weighted by Crippen LogP contribution is -2.06. The summed E-state index contributed by atoms with van der Waals surface area (Å²) in [6.07, 6.45) is -2.16. The molecule has 0 bridgehead atoms. The quantitative estimate of drug-likeness (QED) is 0.478. The van der Waals surface area contributed by atoms with Gasteiger partial charge in [0.15, 0.2) is 0 Å². The fourth-order valence-corrected chi connectivity index (χ4v) is 1.41. The SMILES string of the molecule is CCOC(=O)/C=C\Cc1cc(F)cc(C(F)(F)F)c1. The number of alkyl halides is 3. The first-order valence-corrected chi connectivity index (χ1v) is 5.53. The molecule has 0 N–H and O–H groups in total. The monoisotopic (exact) mass is 276 g/mol. The standard InChI is InChI=1S/C13H12F4O2/c1-2-19-12(18)5-3-4-9-6-10(13(15,16)17)8-11(14)7-9/h3,5-8H,2,4H2,1H3/b5-3-. The van der Waals surface area contributed by atoms with Crippen LogP contribution in [0.3, 0.4) is 0 Å². The number of allylic oxidation sites excluding steroid dienone is 1. The van der Waals surface area contributed by atoms with E-state index in [4.69, 9.17) is 0 Å². The van der Waals surface area contributed by atoms with E-state index in [9.17, 15) is 22.4 Å². The van der Waals surface area contributed by atoms with Crippen molar-refractivity contribution in [2.75, 3.05) is 6.61 Å². The van der Waals surface area contributed by atoms with Crippen LogP contribution in [0.1, 0.15) is 18.1 Å². The van der Waals surface area contributed by atoms with Crippen LogP contribution in [0.15, 0.2) is 30.4 Å². The molecule has 0 heterocycles. The van der Waals surface area contributed by atoms with E-state index in [0.29, 0.717) is 6.07 Å². The Hall–Kier alpha value is -1.85. The number of carbonyl (C=O) groups is 1. The van der Waals surface area contributed by atoms with E-state index in [1.54, 1.807) is 6.92 Å². The highest BCUT2D eigenvalue weighted by atomic mass is 19.4. The number of esters is 1. The molecule has 0 atom stereocenters. The highest BCUT2D eigenvalue weighted by Crippen LogP contribution is 2.30. The van der Waals surface area contributed by atoms with Crippen LogP contribution in [0.2, 0.25) is 0 Å². The average Bonchev–Trinajstić information content (AvgIpc) is 2.27. The summed E-state index contributed by atoms with van der Waals surface area (Å²) in [5, 5.41) is 0. The first-order chi connectivity index (χ1) is 8.82. The molecule has 0 radical (unpaired) electrons. The summed E-state index contributed by atoms with van der Waals surface area (Å²) in [7, 11) is 0. The van der Waals surface area contributed by atoms with Gasteiger partial charge >= 0.3 is 12.1 Å². The number of rotatable bonds is 4. The van der Waals surface area contributed by atoms with E-state index in [-0.39, 0.29) is 18.6 Å². The number of carbonyl (C=O) groups excluding carboxylic acids is 1. The van der Waals surface area contributed by atoms with E-state index in [1.807, 2.05) is 0 Å². The first-order valence-electron chi connectivity index (χ1n) is 5.53. The smallest absolute Gasteiger partial charge is 0.416 e. The van der Waals surface area contributed by atoms with Gasteiger partial charge in [-0.2, -0.15) is 13.2 Å². The second-order valence-corrected chi connectivity index (χ2v) is 3.70. The molecule has 0 aromatic heterocycles. The zero-order valence-corrected chi connectivity index (χ0v) is 10.1. The van der Waals surface area contributed by atoms with Crippen LogP contribution < -0.4 is 0 Å². The minimum absolute atomic E-state index is 0.0135. The fraction of sp³-hybridized carbons (Fsp3) is 0.308. The summed E-state index contributed by atoms with van der Waals surface area (Å²) >= 11 is 0. The fourth-order valence-electron chi connectivity index (χ4n) is 1.41. The molecule has 0 aliphatic carbocycles. The Balaban J connectivity index is 2.79. The molecule has 1 aromatic carbocycles. The lowest BCUT2D eigenvalue weighted by molar-refractivity contribution is -0.138. The third kappa shape index (κ3) is 5.11. The molecule has 0 spiro atoms. The molecule has 1 rings (SSSR count). The molecule has 6 heteroatoms. The molecule has 104 valence electrons. The maximum Gasteiger partial charge on any atom is 0.416 e. The van der Waals surface area contributed by atoms with Crippen molar-refractivity contribution in [2.45, 2.75) is 19.5 Å². The van der Waals surface area contributed by atoms with Crippen molar-refractivity contribution in [3.63, 3.8) is 0 Å². The molecule has 0 saturated carbocycles. The van der Waals surface area contributed by atoms with Crippen molar-refractivity contribution in [3.05, 3.63) is 47.3 Å². The first kappa shape index (κ1) is 15.2. The lowest BCUT2D eigenvalue weighted by atomic mass is 10.1. The van der Waals surface area contributed by atoms with Gasteiger partial charge in [0, 0.05) is 6.08 Å². The zero-order valence-electron chi connectivity index (χ0n) is 10.1. The van der Waals surface area contributed by atoms with Crippen molar-refractivity contribution in [2.24, 2.45) is 0 Å². The minimum Gasteiger partial charge on any atom is -0.463 e. The summed E-state index contributed by atoms with van der Waals surface area (Å²) in [6, 6.07) is 2.27. The van der Waals surface area contributed by atoms with E-state index in [0.717, 1.165) is 18.2 Å². The van der Waals surface area contributed by atoms with Crippen molar-refractivity contribution in [3.8, 4) is 0 Å².